The molecule has 1 aliphatic heterocycles. The van der Waals surface area contributed by atoms with Gasteiger partial charge in [-0.1, -0.05) is 13.3 Å². The van der Waals surface area contributed by atoms with E-state index >= 15 is 0 Å². The summed E-state index contributed by atoms with van der Waals surface area (Å²) in [5.41, 5.74) is 5.73. The van der Waals surface area contributed by atoms with Crippen LogP contribution in [0, 0.1) is 0 Å². The van der Waals surface area contributed by atoms with Crippen LogP contribution in [0.25, 0.3) is 0 Å². The summed E-state index contributed by atoms with van der Waals surface area (Å²) in [6.45, 7) is 2.05. The van der Waals surface area contributed by atoms with Gasteiger partial charge in [0.05, 0.1) is 5.37 Å². The standard InChI is InChI=1S/C13H22N2O3S/c1-2-4-11-15(9(8-19-11)12(17)18)10(16)7-13(14)5-3-6-13/h9,11H,2-8,14H2,1H3,(H,17,18). The number of carbonyl (C=O) groups is 2. The molecule has 3 N–H and O–H groups in total. The van der Waals surface area contributed by atoms with Gasteiger partial charge in [-0.25, -0.2) is 4.79 Å². The van der Waals surface area contributed by atoms with Crippen molar-refractivity contribution < 1.29 is 14.7 Å². The van der Waals surface area contributed by atoms with Crippen molar-refractivity contribution in [3.8, 4) is 0 Å². The SMILES string of the molecule is CCCC1SCC(C(=O)O)N1C(=O)CC1(N)CCC1. The Labute approximate surface area is 117 Å². The third-order valence-corrected chi connectivity index (χ3v) is 5.41. The summed E-state index contributed by atoms with van der Waals surface area (Å²) >= 11 is 1.57. The van der Waals surface area contributed by atoms with E-state index < -0.39 is 12.0 Å². The molecule has 1 amide bonds. The third-order valence-electron chi connectivity index (χ3n) is 4.05. The quantitative estimate of drug-likeness (QED) is 0.798. The van der Waals surface area contributed by atoms with Gasteiger partial charge < -0.3 is 15.7 Å². The number of carboxylic acid groups (broad SMARTS) is 1. The van der Waals surface area contributed by atoms with Crippen molar-refractivity contribution in [3.63, 3.8) is 0 Å². The van der Waals surface area contributed by atoms with Gasteiger partial charge in [0.1, 0.15) is 6.04 Å². The van der Waals surface area contributed by atoms with Crippen molar-refractivity contribution >= 4 is 23.6 Å². The fourth-order valence-electron chi connectivity index (χ4n) is 2.76. The minimum atomic E-state index is -0.904. The molecule has 2 unspecified atom stereocenters. The molecule has 1 aliphatic carbocycles. The predicted octanol–water partition coefficient (Wildman–Crippen LogP) is 1.41. The fraction of sp³-hybridized carbons (Fsp3) is 0.846. The van der Waals surface area contributed by atoms with Gasteiger partial charge in [-0.05, 0) is 25.7 Å². The smallest absolute Gasteiger partial charge is 0.327 e. The Balaban J connectivity index is 2.06. The number of thioether (sulfide) groups is 1. The van der Waals surface area contributed by atoms with Crippen molar-refractivity contribution in [2.24, 2.45) is 5.73 Å². The Morgan fingerprint density at radius 1 is 1.47 bits per heavy atom. The first-order chi connectivity index (χ1) is 8.97. The number of hydrogen-bond donors (Lipinski definition) is 2. The second-order valence-electron chi connectivity index (χ2n) is 5.62. The zero-order valence-corrected chi connectivity index (χ0v) is 12.1. The molecule has 0 aromatic heterocycles. The van der Waals surface area contributed by atoms with Crippen molar-refractivity contribution in [2.45, 2.75) is 62.4 Å². The molecule has 2 atom stereocenters. The molecule has 2 aliphatic rings. The number of rotatable bonds is 5. The zero-order chi connectivity index (χ0) is 14.0. The number of carboxylic acids is 1. The number of amides is 1. The Kier molecular flexibility index (Phi) is 4.40. The molecule has 19 heavy (non-hydrogen) atoms. The molecule has 0 aromatic carbocycles. The van der Waals surface area contributed by atoms with Crippen LogP contribution in [-0.2, 0) is 9.59 Å². The number of nitrogens with zero attached hydrogens (tertiary/aromatic N) is 1. The van der Waals surface area contributed by atoms with Crippen LogP contribution in [0.1, 0.15) is 45.4 Å². The summed E-state index contributed by atoms with van der Waals surface area (Å²) in [6.07, 6.45) is 4.89. The lowest BCUT2D eigenvalue weighted by atomic mass is 9.75. The molecule has 0 bridgehead atoms. The second kappa shape index (κ2) is 5.71. The Bertz CT molecular complexity index is 371. The van der Waals surface area contributed by atoms with Crippen LogP contribution in [0.5, 0.6) is 0 Å². The molecule has 1 saturated heterocycles. The number of carbonyl (C=O) groups excluding carboxylic acids is 1. The lowest BCUT2D eigenvalue weighted by Crippen LogP contribution is -2.53. The van der Waals surface area contributed by atoms with Crippen LogP contribution >= 0.6 is 11.8 Å². The van der Waals surface area contributed by atoms with Crippen molar-refractivity contribution in [3.05, 3.63) is 0 Å². The Morgan fingerprint density at radius 3 is 2.63 bits per heavy atom. The molecule has 0 spiro atoms. The molecule has 2 fully saturated rings. The van der Waals surface area contributed by atoms with Crippen LogP contribution in [0.15, 0.2) is 0 Å². The van der Waals surface area contributed by atoms with Gasteiger partial charge in [-0.3, -0.25) is 4.79 Å². The average molecular weight is 286 g/mol. The van der Waals surface area contributed by atoms with Crippen molar-refractivity contribution in [1.82, 2.24) is 4.90 Å². The molecular weight excluding hydrogens is 264 g/mol. The number of hydrogen-bond acceptors (Lipinski definition) is 4. The number of aliphatic carboxylic acids is 1. The molecule has 108 valence electrons. The lowest BCUT2D eigenvalue weighted by molar-refractivity contribution is -0.150. The maximum absolute atomic E-state index is 12.4. The van der Waals surface area contributed by atoms with Crippen LogP contribution < -0.4 is 5.73 Å². The molecule has 2 rings (SSSR count). The van der Waals surface area contributed by atoms with E-state index in [4.69, 9.17) is 5.73 Å². The van der Waals surface area contributed by atoms with Crippen LogP contribution in [0.4, 0.5) is 0 Å². The van der Waals surface area contributed by atoms with Gasteiger partial charge in [0, 0.05) is 17.7 Å². The van der Waals surface area contributed by atoms with Crippen LogP contribution in [0.3, 0.4) is 0 Å². The number of nitrogens with two attached hydrogens (primary N) is 1. The van der Waals surface area contributed by atoms with E-state index in [1.807, 2.05) is 6.92 Å². The molecule has 0 aromatic rings. The topological polar surface area (TPSA) is 83.6 Å². The molecule has 0 radical (unpaired) electrons. The van der Waals surface area contributed by atoms with Gasteiger partial charge >= 0.3 is 5.97 Å². The average Bonchev–Trinajstić information content (AvgIpc) is 2.71. The summed E-state index contributed by atoms with van der Waals surface area (Å²) in [4.78, 5) is 25.3. The lowest BCUT2D eigenvalue weighted by Gasteiger charge is -2.39. The minimum Gasteiger partial charge on any atom is -0.480 e. The van der Waals surface area contributed by atoms with Gasteiger partial charge in [0.2, 0.25) is 5.91 Å². The first kappa shape index (κ1) is 14.7. The highest BCUT2D eigenvalue weighted by Gasteiger charge is 2.44. The molecular formula is C13H22N2O3S. The largest absolute Gasteiger partial charge is 0.480 e. The Hall–Kier alpha value is -0.750. The highest BCUT2D eigenvalue weighted by Crippen LogP contribution is 2.37. The summed E-state index contributed by atoms with van der Waals surface area (Å²) < 4.78 is 0. The van der Waals surface area contributed by atoms with Gasteiger partial charge in [0.25, 0.3) is 0 Å². The normalized spacial score (nSPS) is 29.1. The molecule has 1 saturated carbocycles. The molecule has 1 heterocycles. The summed E-state index contributed by atoms with van der Waals surface area (Å²) in [5.74, 6) is -0.499. The van der Waals surface area contributed by atoms with E-state index in [-0.39, 0.29) is 23.2 Å². The summed E-state index contributed by atoms with van der Waals surface area (Å²) in [6, 6.07) is -0.683. The van der Waals surface area contributed by atoms with E-state index in [0.29, 0.717) is 5.75 Å². The predicted molar refractivity (Wildman–Crippen MR) is 74.8 cm³/mol. The van der Waals surface area contributed by atoms with Gasteiger partial charge in [-0.15, -0.1) is 11.8 Å². The van der Waals surface area contributed by atoms with E-state index in [1.54, 1.807) is 16.7 Å². The maximum atomic E-state index is 12.4. The summed E-state index contributed by atoms with van der Waals surface area (Å²) in [7, 11) is 0. The maximum Gasteiger partial charge on any atom is 0.327 e. The second-order valence-corrected chi connectivity index (χ2v) is 6.84. The minimum absolute atomic E-state index is 0.00211. The molecule has 6 heteroatoms. The van der Waals surface area contributed by atoms with E-state index in [1.165, 1.54) is 0 Å². The van der Waals surface area contributed by atoms with E-state index in [0.717, 1.165) is 32.1 Å². The van der Waals surface area contributed by atoms with E-state index in [9.17, 15) is 14.7 Å². The highest BCUT2D eigenvalue weighted by molar-refractivity contribution is 8.00. The van der Waals surface area contributed by atoms with Crippen molar-refractivity contribution in [2.75, 3.05) is 5.75 Å². The highest BCUT2D eigenvalue weighted by atomic mass is 32.2. The van der Waals surface area contributed by atoms with Crippen LogP contribution in [0.2, 0.25) is 0 Å². The van der Waals surface area contributed by atoms with Gasteiger partial charge in [-0.2, -0.15) is 0 Å². The molecule has 5 nitrogen and oxygen atoms in total. The third kappa shape index (κ3) is 3.05. The van der Waals surface area contributed by atoms with Crippen molar-refractivity contribution in [1.29, 1.82) is 0 Å². The first-order valence-corrected chi connectivity index (χ1v) is 7.96. The summed E-state index contributed by atoms with van der Waals surface area (Å²) in [5, 5.41) is 9.25. The van der Waals surface area contributed by atoms with Gasteiger partial charge in [0.15, 0.2) is 0 Å². The monoisotopic (exact) mass is 286 g/mol. The van der Waals surface area contributed by atoms with E-state index in [2.05, 4.69) is 0 Å². The fourth-order valence-corrected chi connectivity index (χ4v) is 4.29. The Morgan fingerprint density at radius 2 is 2.16 bits per heavy atom. The van der Waals surface area contributed by atoms with Crippen LogP contribution in [-0.4, -0.2) is 44.6 Å². The zero-order valence-electron chi connectivity index (χ0n) is 11.3. The first-order valence-electron chi connectivity index (χ1n) is 6.91.